The fraction of sp³-hybridized carbons (Fsp3) is 0.222. The van der Waals surface area contributed by atoms with Crippen LogP contribution in [0, 0.1) is 0 Å². The standard InChI is InChI=1S/C9H13N3O2/c1-2-10-9(14)12-11-7-5-3-4-6-8(7)13/h3-6,11,13H,2H2,1H3,(H2,10,12,14). The summed E-state index contributed by atoms with van der Waals surface area (Å²) in [4.78, 5) is 11.0. The number of carbonyl (C=O) groups is 1. The van der Waals surface area contributed by atoms with E-state index in [9.17, 15) is 9.90 Å². The maximum absolute atomic E-state index is 11.0. The Morgan fingerprint density at radius 1 is 1.43 bits per heavy atom. The Morgan fingerprint density at radius 2 is 2.14 bits per heavy atom. The maximum atomic E-state index is 11.0. The first-order valence-corrected chi connectivity index (χ1v) is 4.32. The lowest BCUT2D eigenvalue weighted by molar-refractivity contribution is 0.243. The van der Waals surface area contributed by atoms with Gasteiger partial charge in [-0.3, -0.25) is 10.9 Å². The van der Waals surface area contributed by atoms with E-state index in [2.05, 4.69) is 16.2 Å². The lowest BCUT2D eigenvalue weighted by Gasteiger charge is -2.09. The molecule has 0 aliphatic carbocycles. The van der Waals surface area contributed by atoms with Crippen molar-refractivity contribution in [2.24, 2.45) is 0 Å². The number of aromatic hydroxyl groups is 1. The second-order valence-electron chi connectivity index (χ2n) is 2.63. The lowest BCUT2D eigenvalue weighted by atomic mass is 10.3. The summed E-state index contributed by atoms with van der Waals surface area (Å²) in [6, 6.07) is 6.30. The molecule has 0 aliphatic heterocycles. The van der Waals surface area contributed by atoms with E-state index in [0.717, 1.165) is 0 Å². The number of rotatable bonds is 3. The van der Waals surface area contributed by atoms with E-state index in [0.29, 0.717) is 12.2 Å². The topological polar surface area (TPSA) is 73.4 Å². The Morgan fingerprint density at radius 3 is 2.79 bits per heavy atom. The van der Waals surface area contributed by atoms with Gasteiger partial charge in [-0.1, -0.05) is 12.1 Å². The van der Waals surface area contributed by atoms with Crippen molar-refractivity contribution in [1.82, 2.24) is 10.7 Å². The molecule has 0 spiro atoms. The van der Waals surface area contributed by atoms with Gasteiger partial charge in [0, 0.05) is 6.54 Å². The molecule has 0 saturated heterocycles. The van der Waals surface area contributed by atoms with E-state index >= 15 is 0 Å². The van der Waals surface area contributed by atoms with Gasteiger partial charge >= 0.3 is 6.03 Å². The second-order valence-corrected chi connectivity index (χ2v) is 2.63. The molecule has 0 unspecified atom stereocenters. The molecule has 4 N–H and O–H groups in total. The van der Waals surface area contributed by atoms with Gasteiger partial charge in [-0.2, -0.15) is 0 Å². The third-order valence-corrected chi connectivity index (χ3v) is 1.55. The van der Waals surface area contributed by atoms with Crippen molar-refractivity contribution in [3.8, 4) is 5.75 Å². The highest BCUT2D eigenvalue weighted by Crippen LogP contribution is 2.19. The molecule has 14 heavy (non-hydrogen) atoms. The summed E-state index contributed by atoms with van der Waals surface area (Å²) in [6.07, 6.45) is 0. The van der Waals surface area contributed by atoms with Crippen LogP contribution in [0.15, 0.2) is 24.3 Å². The minimum atomic E-state index is -0.337. The van der Waals surface area contributed by atoms with Crippen LogP contribution in [-0.4, -0.2) is 17.7 Å². The Bertz CT molecular complexity index is 315. The number of amides is 2. The molecular weight excluding hydrogens is 182 g/mol. The van der Waals surface area contributed by atoms with Gasteiger partial charge in [-0.25, -0.2) is 4.79 Å². The average molecular weight is 195 g/mol. The van der Waals surface area contributed by atoms with Gasteiger partial charge in [0.15, 0.2) is 0 Å². The summed E-state index contributed by atoms with van der Waals surface area (Å²) in [5, 5.41) is 11.9. The SMILES string of the molecule is CCNC(=O)NNc1ccccc1O. The van der Waals surface area contributed by atoms with Crippen molar-refractivity contribution >= 4 is 11.7 Å². The van der Waals surface area contributed by atoms with Gasteiger partial charge < -0.3 is 10.4 Å². The molecule has 0 saturated carbocycles. The van der Waals surface area contributed by atoms with E-state index in [1.807, 2.05) is 6.92 Å². The predicted octanol–water partition coefficient (Wildman–Crippen LogP) is 1.04. The zero-order chi connectivity index (χ0) is 10.4. The van der Waals surface area contributed by atoms with Crippen molar-refractivity contribution in [3.63, 3.8) is 0 Å². The van der Waals surface area contributed by atoms with E-state index < -0.39 is 0 Å². The zero-order valence-corrected chi connectivity index (χ0v) is 7.87. The molecule has 0 heterocycles. The number of benzene rings is 1. The Kier molecular flexibility index (Phi) is 3.60. The Hall–Kier alpha value is -1.91. The molecule has 1 aromatic carbocycles. The molecule has 5 heteroatoms. The number of carbonyl (C=O) groups excluding carboxylic acids is 1. The first-order chi connectivity index (χ1) is 6.74. The number of hydrogen-bond donors (Lipinski definition) is 4. The zero-order valence-electron chi connectivity index (χ0n) is 7.87. The van der Waals surface area contributed by atoms with Crippen LogP contribution in [0.4, 0.5) is 10.5 Å². The Balaban J connectivity index is 2.46. The molecule has 1 rings (SSSR count). The van der Waals surface area contributed by atoms with Crippen molar-refractivity contribution < 1.29 is 9.90 Å². The van der Waals surface area contributed by atoms with E-state index in [1.54, 1.807) is 18.2 Å². The number of anilines is 1. The number of phenolic OH excluding ortho intramolecular Hbond substituents is 1. The summed E-state index contributed by atoms with van der Waals surface area (Å²) in [5.41, 5.74) is 5.42. The van der Waals surface area contributed by atoms with Gasteiger partial charge in [-0.15, -0.1) is 0 Å². The molecule has 0 bridgehead atoms. The van der Waals surface area contributed by atoms with Crippen LogP contribution in [0.5, 0.6) is 5.75 Å². The van der Waals surface area contributed by atoms with Crippen LogP contribution in [0.3, 0.4) is 0 Å². The van der Waals surface area contributed by atoms with E-state index in [-0.39, 0.29) is 11.8 Å². The Labute approximate surface area is 82.1 Å². The van der Waals surface area contributed by atoms with Gasteiger partial charge in [0.2, 0.25) is 0 Å². The molecule has 0 aliphatic rings. The highest BCUT2D eigenvalue weighted by molar-refractivity contribution is 5.75. The molecule has 0 radical (unpaired) electrons. The van der Waals surface area contributed by atoms with Crippen LogP contribution in [0.1, 0.15) is 6.92 Å². The van der Waals surface area contributed by atoms with Crippen LogP contribution in [0.2, 0.25) is 0 Å². The summed E-state index contributed by atoms with van der Waals surface area (Å²) >= 11 is 0. The minimum Gasteiger partial charge on any atom is -0.506 e. The summed E-state index contributed by atoms with van der Waals surface area (Å²) in [7, 11) is 0. The lowest BCUT2D eigenvalue weighted by Crippen LogP contribution is -2.38. The van der Waals surface area contributed by atoms with Crippen LogP contribution in [0.25, 0.3) is 0 Å². The highest BCUT2D eigenvalue weighted by atomic mass is 16.3. The van der Waals surface area contributed by atoms with Crippen molar-refractivity contribution in [3.05, 3.63) is 24.3 Å². The third-order valence-electron chi connectivity index (χ3n) is 1.55. The number of hydrazine groups is 1. The minimum absolute atomic E-state index is 0.0873. The fourth-order valence-corrected chi connectivity index (χ4v) is 0.908. The largest absolute Gasteiger partial charge is 0.506 e. The molecule has 76 valence electrons. The van der Waals surface area contributed by atoms with Crippen molar-refractivity contribution in [2.45, 2.75) is 6.92 Å². The number of para-hydroxylation sites is 2. The van der Waals surface area contributed by atoms with Gasteiger partial charge in [0.05, 0.1) is 5.69 Å². The maximum Gasteiger partial charge on any atom is 0.333 e. The summed E-state index contributed by atoms with van der Waals surface area (Å²) in [6.45, 7) is 2.37. The predicted molar refractivity (Wildman–Crippen MR) is 53.9 cm³/mol. The second kappa shape index (κ2) is 4.96. The third kappa shape index (κ3) is 2.85. The van der Waals surface area contributed by atoms with Gasteiger partial charge in [-0.05, 0) is 19.1 Å². The van der Waals surface area contributed by atoms with Crippen molar-refractivity contribution in [2.75, 3.05) is 12.0 Å². The normalized spacial score (nSPS) is 9.21. The molecule has 5 nitrogen and oxygen atoms in total. The number of nitrogens with one attached hydrogen (secondary N) is 3. The number of phenols is 1. The average Bonchev–Trinajstić information content (AvgIpc) is 2.17. The molecular formula is C9H13N3O2. The molecule has 0 fully saturated rings. The van der Waals surface area contributed by atoms with Crippen molar-refractivity contribution in [1.29, 1.82) is 0 Å². The highest BCUT2D eigenvalue weighted by Gasteiger charge is 2.00. The summed E-state index contributed by atoms with van der Waals surface area (Å²) < 4.78 is 0. The molecule has 2 amide bonds. The van der Waals surface area contributed by atoms with E-state index in [1.165, 1.54) is 6.07 Å². The molecule has 1 aromatic rings. The number of urea groups is 1. The van der Waals surface area contributed by atoms with Gasteiger partial charge in [0.25, 0.3) is 0 Å². The van der Waals surface area contributed by atoms with Gasteiger partial charge in [0.1, 0.15) is 5.75 Å². The monoisotopic (exact) mass is 195 g/mol. The van der Waals surface area contributed by atoms with Crippen LogP contribution in [-0.2, 0) is 0 Å². The van der Waals surface area contributed by atoms with Crippen LogP contribution >= 0.6 is 0 Å². The summed E-state index contributed by atoms with van der Waals surface area (Å²) in [5.74, 6) is 0.0873. The fourth-order valence-electron chi connectivity index (χ4n) is 0.908. The quantitative estimate of drug-likeness (QED) is 0.430. The smallest absolute Gasteiger partial charge is 0.333 e. The number of hydrogen-bond acceptors (Lipinski definition) is 3. The van der Waals surface area contributed by atoms with Crippen LogP contribution < -0.4 is 16.2 Å². The van der Waals surface area contributed by atoms with E-state index in [4.69, 9.17) is 0 Å². The molecule has 0 aromatic heterocycles. The first kappa shape index (κ1) is 10.2. The molecule has 0 atom stereocenters. The first-order valence-electron chi connectivity index (χ1n) is 4.32.